The quantitative estimate of drug-likeness (QED) is 0.748. The van der Waals surface area contributed by atoms with Crippen molar-refractivity contribution in [3.8, 4) is 0 Å². The van der Waals surface area contributed by atoms with Crippen molar-refractivity contribution in [2.75, 3.05) is 5.32 Å². The van der Waals surface area contributed by atoms with Crippen molar-refractivity contribution >= 4 is 32.7 Å². The largest absolute Gasteiger partial charge is 0.441 e. The molecule has 0 fully saturated rings. The Balaban J connectivity index is 1.79. The summed E-state index contributed by atoms with van der Waals surface area (Å²) in [6.45, 7) is 4.71. The van der Waals surface area contributed by atoms with E-state index in [2.05, 4.69) is 51.4 Å². The molecule has 1 N–H and O–H groups in total. The lowest BCUT2D eigenvalue weighted by atomic mass is 10.1. The minimum Gasteiger partial charge on any atom is -0.441 e. The van der Waals surface area contributed by atoms with Gasteiger partial charge >= 0.3 is 0 Å². The van der Waals surface area contributed by atoms with Gasteiger partial charge in [0.1, 0.15) is 5.52 Å². The summed E-state index contributed by atoms with van der Waals surface area (Å²) in [7, 11) is 0. The molecule has 4 heteroatoms. The summed E-state index contributed by atoms with van der Waals surface area (Å²) < 4.78 is 6.60. The molecule has 3 nitrogen and oxygen atoms in total. The van der Waals surface area contributed by atoms with E-state index in [1.807, 2.05) is 25.1 Å². The van der Waals surface area contributed by atoms with Crippen molar-refractivity contribution in [3.05, 3.63) is 57.9 Å². The second kappa shape index (κ2) is 5.29. The number of hydrogen-bond donors (Lipinski definition) is 1. The molecule has 0 aliphatic carbocycles. The van der Waals surface area contributed by atoms with Crippen LogP contribution in [0.25, 0.3) is 11.1 Å². The van der Waals surface area contributed by atoms with Gasteiger partial charge in [0.15, 0.2) is 11.5 Å². The molecular formula is C16H15BrN2O. The van der Waals surface area contributed by atoms with E-state index in [0.717, 1.165) is 27.8 Å². The highest BCUT2D eigenvalue weighted by Gasteiger charge is 2.04. The van der Waals surface area contributed by atoms with Gasteiger partial charge < -0.3 is 9.73 Å². The van der Waals surface area contributed by atoms with Crippen LogP contribution in [-0.4, -0.2) is 4.98 Å². The first-order chi connectivity index (χ1) is 9.61. The zero-order chi connectivity index (χ0) is 14.1. The molecule has 1 heterocycles. The number of rotatable bonds is 3. The standard InChI is InChI=1S/C16H15BrN2O/c1-10-3-4-12(14(17)7-10)9-18-13-5-6-16-15(8-13)19-11(2)20-16/h3-8,18H,9H2,1-2H3. The molecular weight excluding hydrogens is 316 g/mol. The number of nitrogens with one attached hydrogen (secondary N) is 1. The van der Waals surface area contributed by atoms with Crippen LogP contribution in [0.5, 0.6) is 0 Å². The van der Waals surface area contributed by atoms with Gasteiger partial charge in [0, 0.05) is 23.6 Å². The summed E-state index contributed by atoms with van der Waals surface area (Å²) in [5.41, 5.74) is 5.23. The van der Waals surface area contributed by atoms with Crippen LogP contribution < -0.4 is 5.32 Å². The molecule has 0 aliphatic rings. The second-order valence-electron chi connectivity index (χ2n) is 4.86. The Bertz CT molecular complexity index is 764. The molecule has 0 unspecified atom stereocenters. The van der Waals surface area contributed by atoms with E-state index >= 15 is 0 Å². The van der Waals surface area contributed by atoms with Gasteiger partial charge in [0.05, 0.1) is 0 Å². The fourth-order valence-electron chi connectivity index (χ4n) is 2.15. The third-order valence-electron chi connectivity index (χ3n) is 3.19. The van der Waals surface area contributed by atoms with Gasteiger partial charge in [-0.2, -0.15) is 0 Å². The summed E-state index contributed by atoms with van der Waals surface area (Å²) in [6.07, 6.45) is 0. The van der Waals surface area contributed by atoms with Gasteiger partial charge in [0.2, 0.25) is 0 Å². The van der Waals surface area contributed by atoms with E-state index in [1.165, 1.54) is 11.1 Å². The third kappa shape index (κ3) is 2.70. The molecule has 3 aromatic rings. The van der Waals surface area contributed by atoms with E-state index in [-0.39, 0.29) is 0 Å². The molecule has 0 spiro atoms. The average Bonchev–Trinajstić information content (AvgIpc) is 2.77. The highest BCUT2D eigenvalue weighted by Crippen LogP contribution is 2.22. The average molecular weight is 331 g/mol. The Morgan fingerprint density at radius 1 is 1.15 bits per heavy atom. The summed E-state index contributed by atoms with van der Waals surface area (Å²) in [5, 5.41) is 3.41. The van der Waals surface area contributed by atoms with Gasteiger partial charge in [0.25, 0.3) is 0 Å². The number of aryl methyl sites for hydroxylation is 2. The maximum absolute atomic E-state index is 5.47. The summed E-state index contributed by atoms with van der Waals surface area (Å²) in [4.78, 5) is 4.34. The van der Waals surface area contributed by atoms with Crippen LogP contribution in [0.1, 0.15) is 17.0 Å². The van der Waals surface area contributed by atoms with Crippen LogP contribution in [0.4, 0.5) is 5.69 Å². The van der Waals surface area contributed by atoms with Gasteiger partial charge in [-0.1, -0.05) is 28.1 Å². The first kappa shape index (κ1) is 13.2. The van der Waals surface area contributed by atoms with Gasteiger partial charge in [-0.15, -0.1) is 0 Å². The minimum absolute atomic E-state index is 0.693. The highest BCUT2D eigenvalue weighted by atomic mass is 79.9. The van der Waals surface area contributed by atoms with E-state index in [4.69, 9.17) is 4.42 Å². The van der Waals surface area contributed by atoms with Crippen molar-refractivity contribution in [1.82, 2.24) is 4.98 Å². The summed E-state index contributed by atoms with van der Waals surface area (Å²) in [6, 6.07) is 12.3. The first-order valence-electron chi connectivity index (χ1n) is 6.48. The molecule has 0 saturated carbocycles. The number of benzene rings is 2. The third-order valence-corrected chi connectivity index (χ3v) is 3.92. The van der Waals surface area contributed by atoms with E-state index in [1.54, 1.807) is 0 Å². The molecule has 0 saturated heterocycles. The van der Waals surface area contributed by atoms with Crippen molar-refractivity contribution in [1.29, 1.82) is 0 Å². The second-order valence-corrected chi connectivity index (χ2v) is 5.72. The maximum Gasteiger partial charge on any atom is 0.192 e. The van der Waals surface area contributed by atoms with Crippen LogP contribution in [0, 0.1) is 13.8 Å². The summed E-state index contributed by atoms with van der Waals surface area (Å²) in [5.74, 6) is 0.693. The van der Waals surface area contributed by atoms with Crippen LogP contribution in [-0.2, 0) is 6.54 Å². The molecule has 3 rings (SSSR count). The zero-order valence-corrected chi connectivity index (χ0v) is 13.0. The number of anilines is 1. The van der Waals surface area contributed by atoms with Gasteiger partial charge in [-0.05, 0) is 42.3 Å². The molecule has 2 aromatic carbocycles. The van der Waals surface area contributed by atoms with Crippen LogP contribution in [0.3, 0.4) is 0 Å². The predicted octanol–water partition coefficient (Wildman–Crippen LogP) is 4.82. The van der Waals surface area contributed by atoms with Crippen molar-refractivity contribution in [2.45, 2.75) is 20.4 Å². The van der Waals surface area contributed by atoms with Crippen LogP contribution in [0.2, 0.25) is 0 Å². The van der Waals surface area contributed by atoms with Crippen molar-refractivity contribution in [3.63, 3.8) is 0 Å². The monoisotopic (exact) mass is 330 g/mol. The lowest BCUT2D eigenvalue weighted by Gasteiger charge is -2.08. The Morgan fingerprint density at radius 3 is 2.80 bits per heavy atom. The van der Waals surface area contributed by atoms with Crippen molar-refractivity contribution < 1.29 is 4.42 Å². The maximum atomic E-state index is 5.47. The number of oxazole rings is 1. The predicted molar refractivity (Wildman–Crippen MR) is 85.0 cm³/mol. The lowest BCUT2D eigenvalue weighted by Crippen LogP contribution is -2.00. The van der Waals surface area contributed by atoms with Gasteiger partial charge in [-0.25, -0.2) is 4.98 Å². The Morgan fingerprint density at radius 2 is 2.00 bits per heavy atom. The SMILES string of the molecule is Cc1ccc(CNc2ccc3oc(C)nc3c2)c(Br)c1. The number of halogens is 1. The zero-order valence-electron chi connectivity index (χ0n) is 11.4. The molecule has 0 bridgehead atoms. The Hall–Kier alpha value is -1.81. The topological polar surface area (TPSA) is 38.1 Å². The first-order valence-corrected chi connectivity index (χ1v) is 7.27. The van der Waals surface area contributed by atoms with Gasteiger partial charge in [-0.3, -0.25) is 0 Å². The van der Waals surface area contributed by atoms with Crippen LogP contribution >= 0.6 is 15.9 Å². The van der Waals surface area contributed by atoms with Crippen molar-refractivity contribution in [2.24, 2.45) is 0 Å². The van der Waals surface area contributed by atoms with Crippen LogP contribution in [0.15, 0.2) is 45.3 Å². The lowest BCUT2D eigenvalue weighted by molar-refractivity contribution is 0.561. The molecule has 0 radical (unpaired) electrons. The number of aromatic nitrogens is 1. The molecule has 0 aliphatic heterocycles. The highest BCUT2D eigenvalue weighted by molar-refractivity contribution is 9.10. The fourth-order valence-corrected chi connectivity index (χ4v) is 2.78. The van der Waals surface area contributed by atoms with E-state index in [9.17, 15) is 0 Å². The Labute approximate surface area is 126 Å². The smallest absolute Gasteiger partial charge is 0.192 e. The fraction of sp³-hybridized carbons (Fsp3) is 0.188. The summed E-state index contributed by atoms with van der Waals surface area (Å²) >= 11 is 3.60. The number of hydrogen-bond acceptors (Lipinski definition) is 3. The van der Waals surface area contributed by atoms with E-state index in [0.29, 0.717) is 5.89 Å². The molecule has 0 amide bonds. The normalized spacial score (nSPS) is 10.9. The molecule has 20 heavy (non-hydrogen) atoms. The number of fused-ring (bicyclic) bond motifs is 1. The molecule has 1 aromatic heterocycles. The molecule has 0 atom stereocenters. The number of nitrogens with zero attached hydrogens (tertiary/aromatic N) is 1. The Kier molecular flexibility index (Phi) is 3.49. The van der Waals surface area contributed by atoms with E-state index < -0.39 is 0 Å². The minimum atomic E-state index is 0.693. The molecule has 102 valence electrons.